The van der Waals surface area contributed by atoms with Crippen molar-refractivity contribution in [2.24, 2.45) is 10.9 Å². The van der Waals surface area contributed by atoms with Crippen LogP contribution < -0.4 is 0 Å². The highest BCUT2D eigenvalue weighted by atomic mass is 14.8. The number of allylic oxidation sites excluding steroid dienone is 2. The van der Waals surface area contributed by atoms with Gasteiger partial charge in [-0.05, 0) is 32.6 Å². The minimum atomic E-state index is 0.579. The van der Waals surface area contributed by atoms with E-state index in [-0.39, 0.29) is 0 Å². The second-order valence-corrected chi connectivity index (χ2v) is 4.31. The molecule has 0 aliphatic rings. The Bertz CT molecular complexity index is 217. The lowest BCUT2D eigenvalue weighted by molar-refractivity contribution is 0.819. The number of hydrogen-bond donors (Lipinski definition) is 0. The van der Waals surface area contributed by atoms with Gasteiger partial charge in [0.2, 0.25) is 0 Å². The first kappa shape index (κ1) is 13.4. The molecule has 0 N–H and O–H groups in total. The Morgan fingerprint density at radius 1 is 1.14 bits per heavy atom. The Morgan fingerprint density at radius 3 is 2.00 bits per heavy atom. The van der Waals surface area contributed by atoms with Gasteiger partial charge < -0.3 is 0 Å². The molecule has 0 rings (SSSR count). The van der Waals surface area contributed by atoms with Crippen LogP contribution in [0.1, 0.15) is 60.8 Å². The molecule has 0 unspecified atom stereocenters. The van der Waals surface area contributed by atoms with Gasteiger partial charge in [-0.3, -0.25) is 4.99 Å². The smallest absolute Gasteiger partial charge is 0.0386 e. The molecule has 0 aliphatic heterocycles. The molecule has 14 heavy (non-hydrogen) atoms. The van der Waals surface area contributed by atoms with E-state index in [1.54, 1.807) is 0 Å². The van der Waals surface area contributed by atoms with E-state index in [4.69, 9.17) is 4.99 Å². The predicted molar refractivity (Wildman–Crippen MR) is 65.8 cm³/mol. The van der Waals surface area contributed by atoms with Crippen molar-refractivity contribution in [3.05, 3.63) is 11.3 Å². The molecule has 0 atom stereocenters. The van der Waals surface area contributed by atoms with Crippen molar-refractivity contribution in [2.75, 3.05) is 0 Å². The molecular formula is C13H25N. The first-order valence-corrected chi connectivity index (χ1v) is 5.76. The van der Waals surface area contributed by atoms with Gasteiger partial charge in [0.15, 0.2) is 0 Å². The number of hydrogen-bond acceptors (Lipinski definition) is 1. The molecule has 0 heterocycles. The maximum atomic E-state index is 4.78. The quantitative estimate of drug-likeness (QED) is 0.569. The Hall–Kier alpha value is -0.590. The number of rotatable bonds is 5. The molecule has 0 amide bonds. The van der Waals surface area contributed by atoms with E-state index >= 15 is 0 Å². The van der Waals surface area contributed by atoms with E-state index in [9.17, 15) is 0 Å². The molecule has 0 spiro atoms. The van der Waals surface area contributed by atoms with Crippen LogP contribution in [0.4, 0.5) is 0 Å². The zero-order valence-corrected chi connectivity index (χ0v) is 10.6. The van der Waals surface area contributed by atoms with Gasteiger partial charge in [0, 0.05) is 11.4 Å². The third-order valence-corrected chi connectivity index (χ3v) is 2.36. The summed E-state index contributed by atoms with van der Waals surface area (Å²) in [6.45, 7) is 13.1. The van der Waals surface area contributed by atoms with E-state index in [2.05, 4.69) is 41.5 Å². The fourth-order valence-electron chi connectivity index (χ4n) is 1.45. The first-order chi connectivity index (χ1) is 6.52. The Balaban J connectivity index is 4.79. The van der Waals surface area contributed by atoms with E-state index in [1.165, 1.54) is 23.4 Å². The van der Waals surface area contributed by atoms with Gasteiger partial charge in [0.05, 0.1) is 0 Å². The van der Waals surface area contributed by atoms with Gasteiger partial charge in [-0.1, -0.05) is 39.7 Å². The summed E-state index contributed by atoms with van der Waals surface area (Å²) >= 11 is 0. The average Bonchev–Trinajstić information content (AvgIpc) is 2.11. The molecule has 0 fully saturated rings. The van der Waals surface area contributed by atoms with Crippen molar-refractivity contribution in [1.29, 1.82) is 0 Å². The first-order valence-electron chi connectivity index (χ1n) is 5.76. The van der Waals surface area contributed by atoms with Crippen LogP contribution in [-0.4, -0.2) is 5.71 Å². The molecular weight excluding hydrogens is 170 g/mol. The molecule has 0 aromatic rings. The van der Waals surface area contributed by atoms with E-state index in [0.29, 0.717) is 5.92 Å². The summed E-state index contributed by atoms with van der Waals surface area (Å²) in [5.41, 5.74) is 3.97. The maximum Gasteiger partial charge on any atom is 0.0386 e. The Morgan fingerprint density at radius 2 is 1.71 bits per heavy atom. The SMILES string of the molecule is CCC/C(=N\C(CC)=C(C)C)C(C)C. The van der Waals surface area contributed by atoms with Crippen LogP contribution >= 0.6 is 0 Å². The van der Waals surface area contributed by atoms with Gasteiger partial charge in [0.1, 0.15) is 0 Å². The lowest BCUT2D eigenvalue weighted by Crippen LogP contribution is -2.07. The van der Waals surface area contributed by atoms with Crippen LogP contribution in [0.2, 0.25) is 0 Å². The third-order valence-electron chi connectivity index (χ3n) is 2.36. The standard InChI is InChI=1S/C13H25N/c1-7-9-13(11(5)6)14-12(8-2)10(3)4/h11H,7-9H2,1-6H3/b14-13+. The Kier molecular flexibility index (Phi) is 6.52. The van der Waals surface area contributed by atoms with Gasteiger partial charge in [-0.2, -0.15) is 0 Å². The summed E-state index contributed by atoms with van der Waals surface area (Å²) in [6.07, 6.45) is 3.37. The number of aliphatic imine (C=N–C) groups is 1. The Labute approximate surface area is 89.3 Å². The largest absolute Gasteiger partial charge is 0.262 e. The second kappa shape index (κ2) is 6.80. The van der Waals surface area contributed by atoms with Gasteiger partial charge >= 0.3 is 0 Å². The summed E-state index contributed by atoms with van der Waals surface area (Å²) in [6, 6.07) is 0. The summed E-state index contributed by atoms with van der Waals surface area (Å²) < 4.78 is 0. The van der Waals surface area contributed by atoms with Crippen molar-refractivity contribution < 1.29 is 0 Å². The van der Waals surface area contributed by atoms with Gasteiger partial charge in [-0.15, -0.1) is 0 Å². The second-order valence-electron chi connectivity index (χ2n) is 4.31. The lowest BCUT2D eigenvalue weighted by atomic mass is 10.0. The summed E-state index contributed by atoms with van der Waals surface area (Å²) in [4.78, 5) is 4.78. The molecule has 0 saturated carbocycles. The van der Waals surface area contributed by atoms with Crippen molar-refractivity contribution in [2.45, 2.75) is 60.8 Å². The topological polar surface area (TPSA) is 12.4 Å². The van der Waals surface area contributed by atoms with Crippen LogP contribution in [0.3, 0.4) is 0 Å². The van der Waals surface area contributed by atoms with Crippen molar-refractivity contribution in [3.8, 4) is 0 Å². The number of nitrogens with zero attached hydrogens (tertiary/aromatic N) is 1. The van der Waals surface area contributed by atoms with Crippen molar-refractivity contribution >= 4 is 5.71 Å². The predicted octanol–water partition coefficient (Wildman–Crippen LogP) is 4.59. The summed E-state index contributed by atoms with van der Waals surface area (Å²) in [7, 11) is 0. The molecule has 82 valence electrons. The van der Waals surface area contributed by atoms with Gasteiger partial charge in [0.25, 0.3) is 0 Å². The summed E-state index contributed by atoms with van der Waals surface area (Å²) in [5.74, 6) is 0.579. The molecule has 0 aliphatic carbocycles. The fourth-order valence-corrected chi connectivity index (χ4v) is 1.45. The molecule has 1 heteroatoms. The minimum absolute atomic E-state index is 0.579. The van der Waals surface area contributed by atoms with Crippen molar-refractivity contribution in [1.82, 2.24) is 0 Å². The van der Waals surface area contributed by atoms with Crippen LogP contribution in [0, 0.1) is 5.92 Å². The minimum Gasteiger partial charge on any atom is -0.262 e. The van der Waals surface area contributed by atoms with Crippen LogP contribution in [0.25, 0.3) is 0 Å². The van der Waals surface area contributed by atoms with E-state index < -0.39 is 0 Å². The van der Waals surface area contributed by atoms with Crippen molar-refractivity contribution in [3.63, 3.8) is 0 Å². The third kappa shape index (κ3) is 4.59. The molecule has 0 aromatic carbocycles. The highest BCUT2D eigenvalue weighted by Crippen LogP contribution is 2.14. The molecule has 0 bridgehead atoms. The zero-order valence-electron chi connectivity index (χ0n) is 10.6. The van der Waals surface area contributed by atoms with Crippen LogP contribution in [-0.2, 0) is 0 Å². The molecule has 0 aromatic heterocycles. The lowest BCUT2D eigenvalue weighted by Gasteiger charge is -2.11. The highest BCUT2D eigenvalue weighted by molar-refractivity contribution is 5.87. The average molecular weight is 195 g/mol. The summed E-state index contributed by atoms with van der Waals surface area (Å²) in [5, 5.41) is 0. The highest BCUT2D eigenvalue weighted by Gasteiger charge is 2.05. The van der Waals surface area contributed by atoms with E-state index in [1.807, 2.05) is 0 Å². The monoisotopic (exact) mass is 195 g/mol. The normalized spacial score (nSPS) is 12.1. The molecule has 0 saturated heterocycles. The van der Waals surface area contributed by atoms with Gasteiger partial charge in [-0.25, -0.2) is 0 Å². The van der Waals surface area contributed by atoms with Crippen LogP contribution in [0.15, 0.2) is 16.3 Å². The molecule has 0 radical (unpaired) electrons. The zero-order chi connectivity index (χ0) is 11.1. The fraction of sp³-hybridized carbons (Fsp3) is 0.769. The van der Waals surface area contributed by atoms with E-state index in [0.717, 1.165) is 12.8 Å². The molecule has 1 nitrogen and oxygen atoms in total. The maximum absolute atomic E-state index is 4.78. The van der Waals surface area contributed by atoms with Crippen LogP contribution in [0.5, 0.6) is 0 Å².